The molecular formula is C20H22NO6S2+. The van der Waals surface area contributed by atoms with Crippen molar-refractivity contribution in [1.82, 2.24) is 0 Å². The Bertz CT molecular complexity index is 875. The standard InChI is InChI=1S/C20H21NO6S2/c1-21(9-16(22)23)13-7-12(8-14(21)18-17(13)27-18)26-19(24)20(25,11-4-6-28-10-11)15-3-2-5-29-15/h2-6,10,12-14,17-18,25H,7-9H2,1H3/p+1/t12-,13-,14+,17-,18+,20?,21?. The quantitative estimate of drug-likeness (QED) is 0.407. The molecule has 29 heavy (non-hydrogen) atoms. The molecule has 3 aliphatic rings. The Morgan fingerprint density at radius 2 is 2.00 bits per heavy atom. The van der Waals surface area contributed by atoms with Gasteiger partial charge in [-0.2, -0.15) is 11.3 Å². The lowest BCUT2D eigenvalue weighted by Crippen LogP contribution is -2.64. The summed E-state index contributed by atoms with van der Waals surface area (Å²) in [6.07, 6.45) is 0.801. The number of nitrogens with zero attached hydrogens (tertiary/aromatic N) is 1. The number of hydrogen-bond donors (Lipinski definition) is 2. The van der Waals surface area contributed by atoms with Gasteiger partial charge in [-0.25, -0.2) is 9.59 Å². The van der Waals surface area contributed by atoms with Crippen LogP contribution in [-0.2, 0) is 24.7 Å². The third kappa shape index (κ3) is 2.87. The molecule has 3 aliphatic heterocycles. The summed E-state index contributed by atoms with van der Waals surface area (Å²) in [5.74, 6) is -1.50. The second-order valence-electron chi connectivity index (χ2n) is 8.30. The molecule has 5 rings (SSSR count). The fraction of sp³-hybridized carbons (Fsp3) is 0.500. The van der Waals surface area contributed by atoms with Crippen molar-refractivity contribution in [3.63, 3.8) is 0 Å². The van der Waals surface area contributed by atoms with Crippen LogP contribution in [-0.4, -0.2) is 70.6 Å². The summed E-state index contributed by atoms with van der Waals surface area (Å²) in [5, 5.41) is 26.1. The topological polar surface area (TPSA) is 96.4 Å². The van der Waals surface area contributed by atoms with E-state index in [-0.39, 0.29) is 36.9 Å². The van der Waals surface area contributed by atoms with Crippen LogP contribution in [0.2, 0.25) is 0 Å². The highest BCUT2D eigenvalue weighted by atomic mass is 32.1. The van der Waals surface area contributed by atoms with Gasteiger partial charge in [0.1, 0.15) is 30.4 Å². The minimum absolute atomic E-state index is 0.0105. The highest BCUT2D eigenvalue weighted by Gasteiger charge is 2.72. The highest BCUT2D eigenvalue weighted by molar-refractivity contribution is 7.10. The largest absolute Gasteiger partial charge is 0.477 e. The Balaban J connectivity index is 1.37. The van der Waals surface area contributed by atoms with Gasteiger partial charge in [0.25, 0.3) is 0 Å². The van der Waals surface area contributed by atoms with Crippen molar-refractivity contribution in [2.24, 2.45) is 0 Å². The lowest BCUT2D eigenvalue weighted by molar-refractivity contribution is -0.949. The number of rotatable bonds is 6. The van der Waals surface area contributed by atoms with E-state index in [0.29, 0.717) is 27.8 Å². The Labute approximate surface area is 175 Å². The smallest absolute Gasteiger partial charge is 0.359 e. The molecule has 0 aromatic carbocycles. The van der Waals surface area contributed by atoms with Gasteiger partial charge in [-0.05, 0) is 28.3 Å². The fourth-order valence-corrected chi connectivity index (χ4v) is 6.76. The fourth-order valence-electron chi connectivity index (χ4n) is 5.23. The molecule has 2 bridgehead atoms. The molecule has 0 amide bonds. The predicted molar refractivity (Wildman–Crippen MR) is 106 cm³/mol. The molecule has 5 heterocycles. The molecule has 3 saturated heterocycles. The summed E-state index contributed by atoms with van der Waals surface area (Å²) in [5.41, 5.74) is -1.32. The molecule has 0 saturated carbocycles. The molecule has 2 aromatic rings. The van der Waals surface area contributed by atoms with E-state index in [1.54, 1.807) is 23.6 Å². The number of epoxide rings is 1. The predicted octanol–water partition coefficient (Wildman–Crippen LogP) is 1.80. The number of hydrogen-bond acceptors (Lipinski definition) is 7. The first kappa shape index (κ1) is 19.2. The summed E-state index contributed by atoms with van der Waals surface area (Å²) >= 11 is 2.72. The molecule has 7 atom stereocenters. The van der Waals surface area contributed by atoms with Crippen LogP contribution in [0.3, 0.4) is 0 Å². The first-order chi connectivity index (χ1) is 13.8. The van der Waals surface area contributed by atoms with Gasteiger partial charge < -0.3 is 24.2 Å². The molecule has 2 unspecified atom stereocenters. The van der Waals surface area contributed by atoms with E-state index in [1.165, 1.54) is 22.7 Å². The maximum absolute atomic E-state index is 13.2. The average molecular weight is 437 g/mol. The second kappa shape index (κ2) is 6.61. The van der Waals surface area contributed by atoms with Gasteiger partial charge in [0.15, 0.2) is 6.54 Å². The zero-order chi connectivity index (χ0) is 20.4. The molecule has 3 fully saturated rings. The minimum atomic E-state index is -1.83. The minimum Gasteiger partial charge on any atom is -0.477 e. The lowest BCUT2D eigenvalue weighted by atomic mass is 9.93. The lowest BCUT2D eigenvalue weighted by Gasteiger charge is -2.47. The third-order valence-electron chi connectivity index (χ3n) is 6.71. The number of aliphatic hydroxyl groups is 1. The van der Waals surface area contributed by atoms with E-state index in [0.717, 1.165) is 0 Å². The number of aliphatic carboxylic acids is 1. The molecule has 154 valence electrons. The van der Waals surface area contributed by atoms with Crippen molar-refractivity contribution in [2.45, 2.75) is 48.8 Å². The molecule has 7 nitrogen and oxygen atoms in total. The van der Waals surface area contributed by atoms with E-state index < -0.39 is 17.5 Å². The maximum Gasteiger partial charge on any atom is 0.359 e. The summed E-state index contributed by atoms with van der Waals surface area (Å²) in [6.45, 7) is 0.0421. The molecule has 2 aromatic heterocycles. The second-order valence-corrected chi connectivity index (χ2v) is 10.0. The first-order valence-electron chi connectivity index (χ1n) is 9.56. The molecule has 9 heteroatoms. The zero-order valence-corrected chi connectivity index (χ0v) is 17.4. The van der Waals surface area contributed by atoms with Crippen LogP contribution in [0.25, 0.3) is 0 Å². The van der Waals surface area contributed by atoms with Crippen LogP contribution in [0.5, 0.6) is 0 Å². The zero-order valence-electron chi connectivity index (χ0n) is 15.8. The van der Waals surface area contributed by atoms with E-state index in [2.05, 4.69) is 0 Å². The normalized spacial score (nSPS) is 36.8. The number of quaternary nitrogens is 1. The number of thiophene rings is 2. The van der Waals surface area contributed by atoms with Crippen molar-refractivity contribution in [3.05, 3.63) is 44.8 Å². The summed E-state index contributed by atoms with van der Waals surface area (Å²) in [4.78, 5) is 25.1. The van der Waals surface area contributed by atoms with Gasteiger partial charge in [0, 0.05) is 18.4 Å². The molecule has 0 radical (unpaired) electrons. The number of likely N-dealkylation sites (N-methyl/N-ethyl adjacent to an activating group) is 1. The Morgan fingerprint density at radius 3 is 2.55 bits per heavy atom. The highest BCUT2D eigenvalue weighted by Crippen LogP contribution is 2.52. The van der Waals surface area contributed by atoms with Crippen molar-refractivity contribution in [2.75, 3.05) is 13.6 Å². The number of morpholine rings is 1. The van der Waals surface area contributed by atoms with Gasteiger partial charge in [0.2, 0.25) is 5.60 Å². The van der Waals surface area contributed by atoms with Crippen LogP contribution in [0.15, 0.2) is 34.3 Å². The third-order valence-corrected chi connectivity index (χ3v) is 8.37. The van der Waals surface area contributed by atoms with Crippen molar-refractivity contribution in [3.8, 4) is 0 Å². The van der Waals surface area contributed by atoms with E-state index in [1.807, 2.05) is 17.8 Å². The van der Waals surface area contributed by atoms with Gasteiger partial charge in [-0.1, -0.05) is 6.07 Å². The van der Waals surface area contributed by atoms with Gasteiger partial charge in [-0.3, -0.25) is 0 Å². The number of carboxylic acids is 1. The van der Waals surface area contributed by atoms with Crippen LogP contribution < -0.4 is 0 Å². The Hall–Kier alpha value is -1.78. The molecule has 0 spiro atoms. The van der Waals surface area contributed by atoms with Gasteiger partial charge in [0.05, 0.1) is 11.9 Å². The number of carbonyl (C=O) groups excluding carboxylic acids is 1. The van der Waals surface area contributed by atoms with E-state index in [4.69, 9.17) is 9.47 Å². The van der Waals surface area contributed by atoms with Crippen LogP contribution in [0.1, 0.15) is 23.3 Å². The van der Waals surface area contributed by atoms with Crippen LogP contribution in [0.4, 0.5) is 0 Å². The van der Waals surface area contributed by atoms with Crippen molar-refractivity contribution >= 4 is 34.6 Å². The van der Waals surface area contributed by atoms with E-state index in [9.17, 15) is 19.8 Å². The van der Waals surface area contributed by atoms with Crippen LogP contribution in [0, 0.1) is 0 Å². The monoisotopic (exact) mass is 436 g/mol. The number of ether oxygens (including phenoxy) is 2. The molecule has 2 N–H and O–H groups in total. The Kier molecular flexibility index (Phi) is 4.38. The maximum atomic E-state index is 13.2. The molecule has 0 aliphatic carbocycles. The van der Waals surface area contributed by atoms with Crippen molar-refractivity contribution in [1.29, 1.82) is 0 Å². The molecular weight excluding hydrogens is 414 g/mol. The van der Waals surface area contributed by atoms with E-state index >= 15 is 0 Å². The number of piperidine rings is 1. The summed E-state index contributed by atoms with van der Waals surface area (Å²) in [7, 11) is 1.96. The van der Waals surface area contributed by atoms with Gasteiger partial charge >= 0.3 is 11.9 Å². The number of esters is 1. The Morgan fingerprint density at radius 1 is 1.28 bits per heavy atom. The summed E-state index contributed by atoms with van der Waals surface area (Å²) in [6, 6.07) is 5.25. The average Bonchev–Trinajstić information content (AvgIpc) is 3.03. The first-order valence-corrected chi connectivity index (χ1v) is 11.4. The number of carbonyl (C=O) groups is 2. The number of carboxylic acid groups (broad SMARTS) is 1. The number of fused-ring (bicyclic) bond motifs is 5. The van der Waals surface area contributed by atoms with Crippen LogP contribution >= 0.6 is 22.7 Å². The summed E-state index contributed by atoms with van der Waals surface area (Å²) < 4.78 is 12.0. The van der Waals surface area contributed by atoms with Gasteiger partial charge in [-0.15, -0.1) is 11.3 Å². The van der Waals surface area contributed by atoms with Crippen molar-refractivity contribution < 1.29 is 33.8 Å². The SMILES string of the molecule is C[N+]1(CC(=O)O)[C@@H]2C[C@@H](OC(=O)C(O)(c3ccsc3)c3cccs3)C[C@H]1[C@@H]1O[C@@H]12.